The van der Waals surface area contributed by atoms with E-state index in [1.807, 2.05) is 0 Å². The van der Waals surface area contributed by atoms with Gasteiger partial charge in [-0.3, -0.25) is 0 Å². The molecule has 1 heteroatoms. The minimum Gasteiger partial charge on any atom is -0.302 e. The minimum absolute atomic E-state index is 1.04. The maximum absolute atomic E-state index is 2.41. The van der Waals surface area contributed by atoms with Crippen molar-refractivity contribution < 1.29 is 0 Å². The molecular formula is C16H21N. The molecule has 1 nitrogen and oxygen atoms in total. The van der Waals surface area contributed by atoms with Gasteiger partial charge in [0.1, 0.15) is 0 Å². The largest absolute Gasteiger partial charge is 0.302 e. The van der Waals surface area contributed by atoms with Crippen LogP contribution < -0.4 is 0 Å². The summed E-state index contributed by atoms with van der Waals surface area (Å²) in [6.45, 7) is 4.47. The van der Waals surface area contributed by atoms with Gasteiger partial charge in [0.05, 0.1) is 0 Å². The van der Waals surface area contributed by atoms with Crippen molar-refractivity contribution >= 4 is 10.8 Å². The summed E-state index contributed by atoms with van der Waals surface area (Å²) in [6.07, 6.45) is 2.54. The molecule has 0 aliphatic carbocycles. The molecule has 2 aromatic rings. The van der Waals surface area contributed by atoms with Crippen molar-refractivity contribution in [3.8, 4) is 0 Å². The lowest BCUT2D eigenvalue weighted by molar-refractivity contribution is 0.322. The van der Waals surface area contributed by atoms with Crippen LogP contribution in [-0.4, -0.2) is 18.5 Å². The number of hydrogen-bond acceptors (Lipinski definition) is 1. The molecule has 0 saturated heterocycles. The third kappa shape index (κ3) is 3.07. The van der Waals surface area contributed by atoms with Crippen molar-refractivity contribution in [2.24, 2.45) is 0 Å². The highest BCUT2D eigenvalue weighted by Crippen LogP contribution is 2.19. The lowest BCUT2D eigenvalue weighted by Crippen LogP contribution is -2.19. The summed E-state index contributed by atoms with van der Waals surface area (Å²) in [4.78, 5) is 2.41. The molecule has 0 spiro atoms. The van der Waals surface area contributed by atoms with Crippen LogP contribution in [-0.2, 0) is 6.54 Å². The number of nitrogens with zero attached hydrogens (tertiary/aromatic N) is 1. The van der Waals surface area contributed by atoms with Gasteiger partial charge < -0.3 is 4.90 Å². The topological polar surface area (TPSA) is 3.24 Å². The molecule has 0 atom stereocenters. The lowest BCUT2D eigenvalue weighted by Gasteiger charge is -2.17. The zero-order valence-electron chi connectivity index (χ0n) is 10.8. The Kier molecular flexibility index (Phi) is 4.16. The van der Waals surface area contributed by atoms with Crippen molar-refractivity contribution in [3.05, 3.63) is 48.0 Å². The molecule has 17 heavy (non-hydrogen) atoms. The van der Waals surface area contributed by atoms with Crippen LogP contribution in [0.15, 0.2) is 42.5 Å². The van der Waals surface area contributed by atoms with E-state index < -0.39 is 0 Å². The van der Waals surface area contributed by atoms with E-state index in [-0.39, 0.29) is 0 Å². The molecule has 0 amide bonds. The Morgan fingerprint density at radius 2 is 1.76 bits per heavy atom. The molecule has 0 aromatic heterocycles. The van der Waals surface area contributed by atoms with Crippen molar-refractivity contribution in [1.82, 2.24) is 4.90 Å². The maximum Gasteiger partial charge on any atom is 0.0236 e. The van der Waals surface area contributed by atoms with E-state index in [0.29, 0.717) is 0 Å². The highest BCUT2D eigenvalue weighted by Gasteiger charge is 2.03. The van der Waals surface area contributed by atoms with Crippen LogP contribution in [0.3, 0.4) is 0 Å². The predicted molar refractivity (Wildman–Crippen MR) is 75.2 cm³/mol. The van der Waals surface area contributed by atoms with Gasteiger partial charge in [-0.1, -0.05) is 55.8 Å². The Morgan fingerprint density at radius 1 is 1.00 bits per heavy atom. The standard InChI is InChI=1S/C16H21N/c1-3-4-12-17(2)13-15-10-7-9-14-8-5-6-11-16(14)15/h5-11H,3-4,12-13H2,1-2H3. The second-order valence-corrected chi connectivity index (χ2v) is 4.73. The fourth-order valence-electron chi connectivity index (χ4n) is 2.23. The zero-order valence-corrected chi connectivity index (χ0v) is 10.8. The first-order chi connectivity index (χ1) is 8.31. The molecule has 2 aromatic carbocycles. The first-order valence-corrected chi connectivity index (χ1v) is 6.46. The molecule has 0 heterocycles. The molecule has 0 aliphatic rings. The summed E-state index contributed by atoms with van der Waals surface area (Å²) in [7, 11) is 2.21. The number of unbranched alkanes of at least 4 members (excludes halogenated alkanes) is 1. The van der Waals surface area contributed by atoms with Crippen LogP contribution in [0.1, 0.15) is 25.3 Å². The third-order valence-electron chi connectivity index (χ3n) is 3.21. The van der Waals surface area contributed by atoms with E-state index in [1.54, 1.807) is 0 Å². The Labute approximate surface area is 104 Å². The Balaban J connectivity index is 2.18. The number of benzene rings is 2. The first kappa shape index (κ1) is 12.1. The van der Waals surface area contributed by atoms with Gasteiger partial charge in [-0.05, 0) is 36.3 Å². The zero-order chi connectivity index (χ0) is 12.1. The Hall–Kier alpha value is -1.34. The molecule has 90 valence electrons. The molecule has 0 aliphatic heterocycles. The Bertz CT molecular complexity index is 470. The summed E-state index contributed by atoms with van der Waals surface area (Å²) in [5.41, 5.74) is 1.43. The summed E-state index contributed by atoms with van der Waals surface area (Å²) in [6, 6.07) is 15.2. The average Bonchev–Trinajstić information content (AvgIpc) is 2.37. The lowest BCUT2D eigenvalue weighted by atomic mass is 10.0. The first-order valence-electron chi connectivity index (χ1n) is 6.46. The molecule has 0 radical (unpaired) electrons. The molecule has 0 saturated carbocycles. The fraction of sp³-hybridized carbons (Fsp3) is 0.375. The van der Waals surface area contributed by atoms with Crippen LogP contribution in [0.5, 0.6) is 0 Å². The van der Waals surface area contributed by atoms with Crippen LogP contribution in [0, 0.1) is 0 Å². The van der Waals surface area contributed by atoms with E-state index in [2.05, 4.69) is 61.3 Å². The van der Waals surface area contributed by atoms with Crippen LogP contribution >= 0.6 is 0 Å². The minimum atomic E-state index is 1.04. The van der Waals surface area contributed by atoms with E-state index in [4.69, 9.17) is 0 Å². The summed E-state index contributed by atoms with van der Waals surface area (Å²) in [5.74, 6) is 0. The van der Waals surface area contributed by atoms with Crippen molar-refractivity contribution in [3.63, 3.8) is 0 Å². The second kappa shape index (κ2) is 5.83. The normalized spacial score (nSPS) is 11.2. The van der Waals surface area contributed by atoms with Gasteiger partial charge in [-0.2, -0.15) is 0 Å². The fourth-order valence-corrected chi connectivity index (χ4v) is 2.23. The quantitative estimate of drug-likeness (QED) is 0.744. The van der Waals surface area contributed by atoms with Gasteiger partial charge in [0.25, 0.3) is 0 Å². The highest BCUT2D eigenvalue weighted by atomic mass is 15.1. The predicted octanol–water partition coefficient (Wildman–Crippen LogP) is 4.07. The smallest absolute Gasteiger partial charge is 0.0236 e. The summed E-state index contributed by atoms with van der Waals surface area (Å²) < 4.78 is 0. The van der Waals surface area contributed by atoms with Gasteiger partial charge >= 0.3 is 0 Å². The number of fused-ring (bicyclic) bond motifs is 1. The van der Waals surface area contributed by atoms with E-state index >= 15 is 0 Å². The maximum atomic E-state index is 2.41. The SMILES string of the molecule is CCCCN(C)Cc1cccc2ccccc12. The van der Waals surface area contributed by atoms with Gasteiger partial charge in [0.15, 0.2) is 0 Å². The van der Waals surface area contributed by atoms with Gasteiger partial charge in [0, 0.05) is 6.54 Å². The molecule has 0 fully saturated rings. The highest BCUT2D eigenvalue weighted by molar-refractivity contribution is 5.85. The third-order valence-corrected chi connectivity index (χ3v) is 3.21. The monoisotopic (exact) mass is 227 g/mol. The van der Waals surface area contributed by atoms with Crippen molar-refractivity contribution in [2.75, 3.05) is 13.6 Å². The second-order valence-electron chi connectivity index (χ2n) is 4.73. The van der Waals surface area contributed by atoms with Gasteiger partial charge in [-0.15, -0.1) is 0 Å². The van der Waals surface area contributed by atoms with Gasteiger partial charge in [-0.25, -0.2) is 0 Å². The van der Waals surface area contributed by atoms with E-state index in [0.717, 1.165) is 6.54 Å². The van der Waals surface area contributed by atoms with E-state index in [9.17, 15) is 0 Å². The van der Waals surface area contributed by atoms with Crippen LogP contribution in [0.25, 0.3) is 10.8 Å². The van der Waals surface area contributed by atoms with Crippen molar-refractivity contribution in [2.45, 2.75) is 26.3 Å². The average molecular weight is 227 g/mol. The summed E-state index contributed by atoms with van der Waals surface area (Å²) in [5, 5.41) is 2.73. The molecule has 2 rings (SSSR count). The molecule has 0 unspecified atom stereocenters. The van der Waals surface area contributed by atoms with Crippen molar-refractivity contribution in [1.29, 1.82) is 0 Å². The molecular weight excluding hydrogens is 206 g/mol. The number of hydrogen-bond donors (Lipinski definition) is 0. The van der Waals surface area contributed by atoms with Crippen LogP contribution in [0.4, 0.5) is 0 Å². The van der Waals surface area contributed by atoms with E-state index in [1.165, 1.54) is 35.7 Å². The van der Waals surface area contributed by atoms with Crippen LogP contribution in [0.2, 0.25) is 0 Å². The van der Waals surface area contributed by atoms with Gasteiger partial charge in [0.2, 0.25) is 0 Å². The molecule has 0 N–H and O–H groups in total. The summed E-state index contributed by atoms with van der Waals surface area (Å²) >= 11 is 0. The molecule has 0 bridgehead atoms. The Morgan fingerprint density at radius 3 is 2.59 bits per heavy atom. The number of rotatable bonds is 5.